The summed E-state index contributed by atoms with van der Waals surface area (Å²) in [6.45, 7) is 1.89. The number of hydrogen-bond acceptors (Lipinski definition) is 4. The summed E-state index contributed by atoms with van der Waals surface area (Å²) < 4.78 is 0.883. The minimum absolute atomic E-state index is 0.289. The number of aryl methyl sites for hydroxylation is 1. The Kier molecular flexibility index (Phi) is 4.48. The third-order valence-corrected chi connectivity index (χ3v) is 4.93. The molecule has 0 aliphatic carbocycles. The molecule has 0 bridgehead atoms. The van der Waals surface area contributed by atoms with Gasteiger partial charge in [0.25, 0.3) is 0 Å². The molecule has 0 atom stereocenters. The Morgan fingerprint density at radius 2 is 2.06 bits per heavy atom. The highest BCUT2D eigenvalue weighted by atomic mass is 79.9. The summed E-state index contributed by atoms with van der Waals surface area (Å²) >= 11 is 11.2. The van der Waals surface area contributed by atoms with Crippen LogP contribution in [0.4, 0.5) is 5.95 Å². The van der Waals surface area contributed by atoms with Crippen LogP contribution in [0.25, 0.3) is 0 Å². The van der Waals surface area contributed by atoms with E-state index < -0.39 is 0 Å². The van der Waals surface area contributed by atoms with Crippen molar-refractivity contribution in [2.24, 2.45) is 0 Å². The molecule has 0 unspecified atom stereocenters. The average molecular weight is 345 g/mol. The van der Waals surface area contributed by atoms with Crippen LogP contribution in [0.5, 0.6) is 0 Å². The van der Waals surface area contributed by atoms with Crippen LogP contribution in [0, 0.1) is 6.92 Å². The Morgan fingerprint density at radius 3 is 2.78 bits per heavy atom. The van der Waals surface area contributed by atoms with Crippen molar-refractivity contribution in [3.8, 4) is 0 Å². The highest BCUT2D eigenvalue weighted by Crippen LogP contribution is 2.31. The van der Waals surface area contributed by atoms with Gasteiger partial charge in [-0.05, 0) is 34.5 Å². The molecular formula is C12H11BrClN3S. The Bertz CT molecular complexity index is 577. The molecule has 0 aliphatic heterocycles. The molecule has 1 aromatic carbocycles. The second kappa shape index (κ2) is 5.91. The van der Waals surface area contributed by atoms with E-state index >= 15 is 0 Å². The van der Waals surface area contributed by atoms with Gasteiger partial charge in [0.05, 0.1) is 10.2 Å². The van der Waals surface area contributed by atoms with Crippen molar-refractivity contribution in [3.63, 3.8) is 0 Å². The van der Waals surface area contributed by atoms with Gasteiger partial charge in [-0.2, -0.15) is 0 Å². The molecule has 0 fully saturated rings. The molecule has 0 amide bonds. The maximum atomic E-state index is 6.11. The lowest BCUT2D eigenvalue weighted by molar-refractivity contribution is 1.000. The van der Waals surface area contributed by atoms with Gasteiger partial charge in [-0.15, -0.1) is 11.8 Å². The molecule has 2 N–H and O–H groups in total. The maximum Gasteiger partial charge on any atom is 0.221 e. The van der Waals surface area contributed by atoms with Gasteiger partial charge in [0.2, 0.25) is 5.95 Å². The molecule has 1 aromatic heterocycles. The first-order valence-electron chi connectivity index (χ1n) is 5.23. The fourth-order valence-corrected chi connectivity index (χ4v) is 3.19. The number of nitrogen functional groups attached to an aromatic ring is 1. The number of hydrogen-bond donors (Lipinski definition) is 1. The van der Waals surface area contributed by atoms with Crippen molar-refractivity contribution in [2.75, 3.05) is 5.73 Å². The van der Waals surface area contributed by atoms with E-state index in [9.17, 15) is 0 Å². The number of benzene rings is 1. The van der Waals surface area contributed by atoms with Crippen molar-refractivity contribution in [1.82, 2.24) is 9.97 Å². The number of aromatic nitrogens is 2. The van der Waals surface area contributed by atoms with Gasteiger partial charge in [-0.25, -0.2) is 9.97 Å². The molecule has 94 valence electrons. The van der Waals surface area contributed by atoms with Gasteiger partial charge in [-0.3, -0.25) is 0 Å². The summed E-state index contributed by atoms with van der Waals surface area (Å²) in [6, 6.07) is 7.77. The smallest absolute Gasteiger partial charge is 0.221 e. The van der Waals surface area contributed by atoms with Crippen LogP contribution >= 0.6 is 39.3 Å². The van der Waals surface area contributed by atoms with E-state index in [0.29, 0.717) is 0 Å². The van der Waals surface area contributed by atoms with Gasteiger partial charge >= 0.3 is 0 Å². The number of nitrogens with zero attached hydrogens (tertiary/aromatic N) is 2. The fraction of sp³-hybridized carbons (Fsp3) is 0.167. The number of rotatable bonds is 3. The molecule has 0 radical (unpaired) electrons. The van der Waals surface area contributed by atoms with Gasteiger partial charge in [-0.1, -0.05) is 29.8 Å². The van der Waals surface area contributed by atoms with Crippen LogP contribution in [0.2, 0.25) is 5.02 Å². The summed E-state index contributed by atoms with van der Waals surface area (Å²) in [5, 5.41) is 1.60. The largest absolute Gasteiger partial charge is 0.368 e. The summed E-state index contributed by atoms with van der Waals surface area (Å²) in [4.78, 5) is 8.30. The summed E-state index contributed by atoms with van der Waals surface area (Å²) in [6.07, 6.45) is 0. The monoisotopic (exact) mass is 343 g/mol. The molecule has 0 saturated carbocycles. The maximum absolute atomic E-state index is 6.11. The van der Waals surface area contributed by atoms with Crippen molar-refractivity contribution in [1.29, 1.82) is 0 Å². The quantitative estimate of drug-likeness (QED) is 0.673. The summed E-state index contributed by atoms with van der Waals surface area (Å²) in [7, 11) is 0. The zero-order valence-electron chi connectivity index (χ0n) is 9.65. The van der Waals surface area contributed by atoms with Crippen molar-refractivity contribution in [2.45, 2.75) is 17.7 Å². The number of halogens is 2. The van der Waals surface area contributed by atoms with E-state index in [1.165, 1.54) is 0 Å². The summed E-state index contributed by atoms with van der Waals surface area (Å²) in [5.41, 5.74) is 7.56. The molecule has 6 heteroatoms. The molecule has 3 nitrogen and oxygen atoms in total. The fourth-order valence-electron chi connectivity index (χ4n) is 1.41. The predicted octanol–water partition coefficient (Wildman–Crippen LogP) is 4.08. The van der Waals surface area contributed by atoms with Crippen LogP contribution in [0.1, 0.15) is 11.3 Å². The van der Waals surface area contributed by atoms with E-state index in [1.54, 1.807) is 11.8 Å². The number of nitrogens with two attached hydrogens (primary N) is 1. The van der Waals surface area contributed by atoms with Crippen molar-refractivity contribution >= 4 is 45.2 Å². The van der Waals surface area contributed by atoms with Gasteiger partial charge in [0, 0.05) is 10.8 Å². The molecule has 0 saturated heterocycles. The van der Waals surface area contributed by atoms with E-state index in [0.717, 1.165) is 31.5 Å². The first kappa shape index (κ1) is 13.6. The first-order chi connectivity index (χ1) is 8.58. The van der Waals surface area contributed by atoms with Crippen LogP contribution in [0.3, 0.4) is 0 Å². The second-order valence-electron chi connectivity index (χ2n) is 3.67. The normalized spacial score (nSPS) is 10.6. The van der Waals surface area contributed by atoms with Crippen LogP contribution in [0.15, 0.2) is 33.8 Å². The SMILES string of the molecule is Cc1nc(N)nc(SCc2ccccc2Cl)c1Br. The summed E-state index contributed by atoms with van der Waals surface area (Å²) in [5.74, 6) is 1.03. The lowest BCUT2D eigenvalue weighted by Gasteiger charge is -2.07. The van der Waals surface area contributed by atoms with Gasteiger partial charge < -0.3 is 5.73 Å². The van der Waals surface area contributed by atoms with E-state index in [4.69, 9.17) is 17.3 Å². The third-order valence-electron chi connectivity index (χ3n) is 2.33. The van der Waals surface area contributed by atoms with Crippen molar-refractivity contribution in [3.05, 3.63) is 45.0 Å². The van der Waals surface area contributed by atoms with Gasteiger partial charge in [0.15, 0.2) is 0 Å². The Morgan fingerprint density at radius 1 is 1.33 bits per heavy atom. The lowest BCUT2D eigenvalue weighted by Crippen LogP contribution is -1.99. The van der Waals surface area contributed by atoms with Crippen LogP contribution < -0.4 is 5.73 Å². The van der Waals surface area contributed by atoms with Crippen molar-refractivity contribution < 1.29 is 0 Å². The van der Waals surface area contributed by atoms with Crippen LogP contribution in [-0.4, -0.2) is 9.97 Å². The van der Waals surface area contributed by atoms with Crippen LogP contribution in [-0.2, 0) is 5.75 Å². The Labute approximate surface area is 123 Å². The highest BCUT2D eigenvalue weighted by Gasteiger charge is 2.09. The number of thioether (sulfide) groups is 1. The predicted molar refractivity (Wildman–Crippen MR) is 79.9 cm³/mol. The molecule has 2 rings (SSSR count). The molecule has 1 heterocycles. The molecule has 0 spiro atoms. The first-order valence-corrected chi connectivity index (χ1v) is 7.39. The minimum Gasteiger partial charge on any atom is -0.368 e. The van der Waals surface area contributed by atoms with Gasteiger partial charge in [0.1, 0.15) is 5.03 Å². The zero-order valence-corrected chi connectivity index (χ0v) is 12.8. The minimum atomic E-state index is 0.289. The standard InChI is InChI=1S/C12H11BrClN3S/c1-7-10(13)11(17-12(15)16-7)18-6-8-4-2-3-5-9(8)14/h2-5H,6H2,1H3,(H2,15,16,17). The third kappa shape index (κ3) is 3.16. The number of anilines is 1. The van der Waals surface area contributed by atoms with E-state index in [2.05, 4.69) is 25.9 Å². The molecular weight excluding hydrogens is 334 g/mol. The zero-order chi connectivity index (χ0) is 13.1. The molecule has 0 aliphatic rings. The molecule has 2 aromatic rings. The van der Waals surface area contributed by atoms with E-state index in [-0.39, 0.29) is 5.95 Å². The topological polar surface area (TPSA) is 51.8 Å². The Hall–Kier alpha value is -0.780. The second-order valence-corrected chi connectivity index (χ2v) is 5.83. The average Bonchev–Trinajstić information content (AvgIpc) is 2.33. The lowest BCUT2D eigenvalue weighted by atomic mass is 10.2. The van der Waals surface area contributed by atoms with E-state index in [1.807, 2.05) is 31.2 Å². The highest BCUT2D eigenvalue weighted by molar-refractivity contribution is 9.10. The Balaban J connectivity index is 2.18. The molecule has 18 heavy (non-hydrogen) atoms.